The van der Waals surface area contributed by atoms with Gasteiger partial charge in [-0.25, -0.2) is 0 Å². The van der Waals surface area contributed by atoms with Crippen molar-refractivity contribution in [1.29, 1.82) is 0 Å². The minimum absolute atomic E-state index is 0.623. The fourth-order valence-electron chi connectivity index (χ4n) is 1.82. The van der Waals surface area contributed by atoms with Crippen LogP contribution in [-0.2, 0) is 0 Å². The van der Waals surface area contributed by atoms with Crippen LogP contribution < -0.4 is 10.6 Å². The second-order valence-corrected chi connectivity index (χ2v) is 3.86. The van der Waals surface area contributed by atoms with Gasteiger partial charge in [0.15, 0.2) is 0 Å². The van der Waals surface area contributed by atoms with Crippen molar-refractivity contribution in [2.75, 3.05) is 18.4 Å². The lowest BCUT2D eigenvalue weighted by Gasteiger charge is -2.25. The Labute approximate surface area is 84.9 Å². The number of nitrogens with one attached hydrogen (secondary N) is 2. The van der Waals surface area contributed by atoms with Crippen LogP contribution >= 0.6 is 0 Å². The van der Waals surface area contributed by atoms with Gasteiger partial charge in [-0.05, 0) is 44.5 Å². The summed E-state index contributed by atoms with van der Waals surface area (Å²) in [4.78, 5) is 4.09. The Balaban J connectivity index is 1.99. The highest BCUT2D eigenvalue weighted by atomic mass is 15.0. The third kappa shape index (κ3) is 2.23. The average molecular weight is 191 g/mol. The smallest absolute Gasteiger partial charge is 0.0402 e. The lowest BCUT2D eigenvalue weighted by Crippen LogP contribution is -2.35. The summed E-state index contributed by atoms with van der Waals surface area (Å²) in [6.45, 7) is 4.35. The Hall–Kier alpha value is -1.09. The molecule has 2 rings (SSSR count). The van der Waals surface area contributed by atoms with E-state index in [4.69, 9.17) is 0 Å². The van der Waals surface area contributed by atoms with Crippen molar-refractivity contribution in [1.82, 2.24) is 10.3 Å². The lowest BCUT2D eigenvalue weighted by molar-refractivity contribution is 0.479. The van der Waals surface area contributed by atoms with Crippen molar-refractivity contribution in [2.24, 2.45) is 0 Å². The third-order valence-corrected chi connectivity index (χ3v) is 2.72. The van der Waals surface area contributed by atoms with E-state index in [1.807, 2.05) is 12.4 Å². The van der Waals surface area contributed by atoms with Gasteiger partial charge in [0, 0.05) is 24.1 Å². The number of rotatable bonds is 2. The largest absolute Gasteiger partial charge is 0.382 e. The van der Waals surface area contributed by atoms with Crippen molar-refractivity contribution < 1.29 is 0 Å². The van der Waals surface area contributed by atoms with Gasteiger partial charge in [-0.15, -0.1) is 0 Å². The molecule has 1 fully saturated rings. The van der Waals surface area contributed by atoms with Gasteiger partial charge in [-0.2, -0.15) is 0 Å². The maximum atomic E-state index is 4.09. The van der Waals surface area contributed by atoms with Crippen LogP contribution in [0.15, 0.2) is 18.5 Å². The van der Waals surface area contributed by atoms with E-state index in [9.17, 15) is 0 Å². The van der Waals surface area contributed by atoms with Crippen molar-refractivity contribution in [3.8, 4) is 0 Å². The van der Waals surface area contributed by atoms with Gasteiger partial charge in [-0.3, -0.25) is 4.98 Å². The number of hydrogen-bond acceptors (Lipinski definition) is 3. The van der Waals surface area contributed by atoms with Gasteiger partial charge in [0.1, 0.15) is 0 Å². The molecule has 1 aromatic rings. The summed E-state index contributed by atoms with van der Waals surface area (Å²) in [6.07, 6.45) is 6.17. The first-order valence-electron chi connectivity index (χ1n) is 5.24. The molecule has 76 valence electrons. The van der Waals surface area contributed by atoms with Crippen LogP contribution in [0.25, 0.3) is 0 Å². The molecule has 14 heavy (non-hydrogen) atoms. The maximum absolute atomic E-state index is 4.09. The van der Waals surface area contributed by atoms with E-state index in [0.717, 1.165) is 13.1 Å². The number of anilines is 1. The molecule has 1 aliphatic rings. The second-order valence-electron chi connectivity index (χ2n) is 3.86. The number of piperidine rings is 1. The van der Waals surface area contributed by atoms with Crippen LogP contribution in [0.2, 0.25) is 0 Å². The Kier molecular flexibility index (Phi) is 2.99. The third-order valence-electron chi connectivity index (χ3n) is 2.72. The number of aromatic nitrogens is 1. The summed E-state index contributed by atoms with van der Waals surface area (Å²) < 4.78 is 0. The predicted molar refractivity (Wildman–Crippen MR) is 58.5 cm³/mol. The fraction of sp³-hybridized carbons (Fsp3) is 0.545. The Morgan fingerprint density at radius 1 is 1.43 bits per heavy atom. The maximum Gasteiger partial charge on any atom is 0.0402 e. The number of nitrogens with zero attached hydrogens (tertiary/aromatic N) is 1. The van der Waals surface area contributed by atoms with Crippen LogP contribution in [0, 0.1) is 6.92 Å². The van der Waals surface area contributed by atoms with Gasteiger partial charge < -0.3 is 10.6 Å². The van der Waals surface area contributed by atoms with Crippen LogP contribution in [-0.4, -0.2) is 24.1 Å². The summed E-state index contributed by atoms with van der Waals surface area (Å²) >= 11 is 0. The summed E-state index contributed by atoms with van der Waals surface area (Å²) in [5.74, 6) is 0. The first kappa shape index (κ1) is 9.46. The zero-order valence-corrected chi connectivity index (χ0v) is 8.59. The molecule has 0 spiro atoms. The topological polar surface area (TPSA) is 37.0 Å². The van der Waals surface area contributed by atoms with E-state index >= 15 is 0 Å². The molecule has 2 heterocycles. The first-order chi connectivity index (χ1) is 6.86. The molecule has 1 aromatic heterocycles. The van der Waals surface area contributed by atoms with Gasteiger partial charge >= 0.3 is 0 Å². The van der Waals surface area contributed by atoms with Crippen molar-refractivity contribution in [3.63, 3.8) is 0 Å². The molecule has 0 amide bonds. The molecule has 2 N–H and O–H groups in total. The quantitative estimate of drug-likeness (QED) is 0.744. The van der Waals surface area contributed by atoms with E-state index in [1.165, 1.54) is 24.1 Å². The molecule has 0 aromatic carbocycles. The van der Waals surface area contributed by atoms with E-state index < -0.39 is 0 Å². The van der Waals surface area contributed by atoms with Gasteiger partial charge in [0.25, 0.3) is 0 Å². The zero-order chi connectivity index (χ0) is 9.80. The first-order valence-corrected chi connectivity index (χ1v) is 5.24. The summed E-state index contributed by atoms with van der Waals surface area (Å²) in [7, 11) is 0. The Morgan fingerprint density at radius 2 is 2.21 bits per heavy atom. The molecule has 3 heteroatoms. The van der Waals surface area contributed by atoms with Crippen molar-refractivity contribution >= 4 is 5.69 Å². The molecule has 0 aliphatic carbocycles. The number of hydrogen-bond donors (Lipinski definition) is 2. The van der Waals surface area contributed by atoms with Crippen LogP contribution in [0.1, 0.15) is 18.4 Å². The average Bonchev–Trinajstić information content (AvgIpc) is 2.23. The highest BCUT2D eigenvalue weighted by Gasteiger charge is 2.12. The molecule has 1 aliphatic heterocycles. The molecule has 0 atom stereocenters. The van der Waals surface area contributed by atoms with E-state index in [2.05, 4.69) is 28.6 Å². The van der Waals surface area contributed by atoms with Crippen LogP contribution in [0.5, 0.6) is 0 Å². The Bertz CT molecular complexity index is 292. The number of pyridine rings is 1. The molecule has 0 bridgehead atoms. The zero-order valence-electron chi connectivity index (χ0n) is 8.59. The van der Waals surface area contributed by atoms with Gasteiger partial charge in [0.2, 0.25) is 0 Å². The predicted octanol–water partition coefficient (Wildman–Crippen LogP) is 1.55. The molecule has 0 unspecified atom stereocenters. The van der Waals surface area contributed by atoms with Crippen molar-refractivity contribution in [2.45, 2.75) is 25.8 Å². The van der Waals surface area contributed by atoms with Crippen LogP contribution in [0.3, 0.4) is 0 Å². The van der Waals surface area contributed by atoms with E-state index in [0.29, 0.717) is 6.04 Å². The number of aryl methyl sites for hydroxylation is 1. The normalized spacial score (nSPS) is 18.1. The summed E-state index contributed by atoms with van der Waals surface area (Å²) in [5.41, 5.74) is 2.46. The highest BCUT2D eigenvalue weighted by molar-refractivity contribution is 5.49. The molecule has 0 radical (unpaired) electrons. The van der Waals surface area contributed by atoms with E-state index in [-0.39, 0.29) is 0 Å². The monoisotopic (exact) mass is 191 g/mol. The standard InChI is InChI=1S/C11H17N3/c1-9-8-13-7-4-11(9)14-10-2-5-12-6-3-10/h4,7-8,10,12H,2-3,5-6H2,1H3,(H,13,14). The van der Waals surface area contributed by atoms with Gasteiger partial charge in [0.05, 0.1) is 0 Å². The molecule has 1 saturated heterocycles. The molecule has 0 saturated carbocycles. The Morgan fingerprint density at radius 3 is 2.93 bits per heavy atom. The lowest BCUT2D eigenvalue weighted by atomic mass is 10.1. The minimum atomic E-state index is 0.623. The highest BCUT2D eigenvalue weighted by Crippen LogP contribution is 2.16. The molecular formula is C11H17N3. The minimum Gasteiger partial charge on any atom is -0.382 e. The van der Waals surface area contributed by atoms with E-state index in [1.54, 1.807) is 0 Å². The molecular weight excluding hydrogens is 174 g/mol. The van der Waals surface area contributed by atoms with Gasteiger partial charge in [-0.1, -0.05) is 0 Å². The molecule has 3 nitrogen and oxygen atoms in total. The second kappa shape index (κ2) is 4.42. The summed E-state index contributed by atoms with van der Waals surface area (Å²) in [5, 5.41) is 6.93. The SMILES string of the molecule is Cc1cnccc1NC1CCNCC1. The van der Waals surface area contributed by atoms with Crippen LogP contribution in [0.4, 0.5) is 5.69 Å². The fourth-order valence-corrected chi connectivity index (χ4v) is 1.82. The van der Waals surface area contributed by atoms with Crippen molar-refractivity contribution in [3.05, 3.63) is 24.0 Å². The summed E-state index contributed by atoms with van der Waals surface area (Å²) in [6, 6.07) is 2.68.